The van der Waals surface area contributed by atoms with E-state index in [1.165, 1.54) is 43.7 Å². The third-order valence-corrected chi connectivity index (χ3v) is 11.1. The van der Waals surface area contributed by atoms with Crippen LogP contribution in [-0.2, 0) is 0 Å². The van der Waals surface area contributed by atoms with Crippen LogP contribution in [-0.4, -0.2) is 14.1 Å². The molecule has 53 heavy (non-hydrogen) atoms. The highest BCUT2D eigenvalue weighted by Gasteiger charge is 2.20. The molecule has 0 amide bonds. The van der Waals surface area contributed by atoms with Crippen LogP contribution in [0.4, 0.5) is 0 Å². The zero-order valence-electron chi connectivity index (χ0n) is 29.3. The molecule has 0 aliphatic carbocycles. The predicted octanol–water partition coefficient (Wildman–Crippen LogP) is 13.1. The minimum absolute atomic E-state index is 0.894. The molecule has 11 aromatic rings. The van der Waals surface area contributed by atoms with Crippen LogP contribution >= 0.6 is 0 Å². The molecule has 0 atom stereocenters. The molecule has 0 N–H and O–H groups in total. The molecule has 0 unspecified atom stereocenters. The summed E-state index contributed by atoms with van der Waals surface area (Å²) in [6, 6.07) is 56.8. The first-order valence-electron chi connectivity index (χ1n) is 18.1. The fourth-order valence-corrected chi connectivity index (χ4v) is 8.61. The maximum atomic E-state index is 6.23. The molecule has 0 saturated heterocycles. The number of benzene rings is 7. The molecule has 4 heteroatoms. The second-order valence-electron chi connectivity index (χ2n) is 14.1. The lowest BCUT2D eigenvalue weighted by atomic mass is 9.91. The van der Waals surface area contributed by atoms with Gasteiger partial charge in [0.15, 0.2) is 0 Å². The van der Waals surface area contributed by atoms with Gasteiger partial charge in [-0.2, -0.15) is 0 Å². The summed E-state index contributed by atoms with van der Waals surface area (Å²) < 4.78 is 11.1. The van der Waals surface area contributed by atoms with E-state index in [0.717, 1.165) is 66.7 Å². The first-order valence-corrected chi connectivity index (χ1v) is 18.1. The molecule has 0 fully saturated rings. The largest absolute Gasteiger partial charge is 0.456 e. The number of hydrogen-bond acceptors (Lipinski definition) is 2. The molecule has 4 heterocycles. The summed E-state index contributed by atoms with van der Waals surface area (Å²) in [5, 5.41) is 7.19. The highest BCUT2D eigenvalue weighted by Crippen LogP contribution is 2.41. The van der Waals surface area contributed by atoms with Crippen molar-refractivity contribution in [1.29, 1.82) is 0 Å². The maximum absolute atomic E-state index is 6.23. The molecule has 0 bridgehead atoms. The minimum Gasteiger partial charge on any atom is -0.456 e. The van der Waals surface area contributed by atoms with Gasteiger partial charge in [0.2, 0.25) is 0 Å². The molecule has 0 saturated carbocycles. The Hall–Kier alpha value is -6.91. The Balaban J connectivity index is 1.19. The zero-order valence-corrected chi connectivity index (χ0v) is 29.3. The van der Waals surface area contributed by atoms with Crippen LogP contribution in [0.15, 0.2) is 168 Å². The zero-order chi connectivity index (χ0) is 35.2. The summed E-state index contributed by atoms with van der Waals surface area (Å²) in [6.07, 6.45) is 1.90. The molecular weight excluding hydrogens is 647 g/mol. The Morgan fingerprint density at radius 3 is 1.74 bits per heavy atom. The summed E-state index contributed by atoms with van der Waals surface area (Å²) in [7, 11) is 0. The highest BCUT2D eigenvalue weighted by molar-refractivity contribution is 6.12. The lowest BCUT2D eigenvalue weighted by Gasteiger charge is -2.18. The van der Waals surface area contributed by atoms with Crippen molar-refractivity contribution >= 4 is 65.6 Å². The van der Waals surface area contributed by atoms with E-state index in [9.17, 15) is 0 Å². The fourth-order valence-electron chi connectivity index (χ4n) is 8.61. The van der Waals surface area contributed by atoms with Crippen LogP contribution in [0, 0.1) is 13.8 Å². The van der Waals surface area contributed by atoms with Crippen molar-refractivity contribution < 1.29 is 4.42 Å². The van der Waals surface area contributed by atoms with Gasteiger partial charge in [0.25, 0.3) is 0 Å². The summed E-state index contributed by atoms with van der Waals surface area (Å²) in [6.45, 7) is 4.37. The molecule has 7 aromatic carbocycles. The van der Waals surface area contributed by atoms with Crippen molar-refractivity contribution in [2.75, 3.05) is 0 Å². The fraction of sp³-hybridized carbons (Fsp3) is 0.0408. The summed E-state index contributed by atoms with van der Waals surface area (Å²) in [5.41, 5.74) is 15.5. The van der Waals surface area contributed by atoms with Crippen molar-refractivity contribution in [3.05, 3.63) is 175 Å². The van der Waals surface area contributed by atoms with Crippen LogP contribution in [0.3, 0.4) is 0 Å². The molecule has 0 aliphatic heterocycles. The minimum atomic E-state index is 0.894. The SMILES string of the molecule is Cc1cccnc1-c1cc(-n2c3ccccc3c3cc(-n4c5ccccc5c5ccccc54)ccc32)cc(-c2ccc3oc4ccccc4c3c2)c1C. The van der Waals surface area contributed by atoms with Crippen LogP contribution in [0.25, 0.3) is 99.3 Å². The van der Waals surface area contributed by atoms with Gasteiger partial charge in [-0.15, -0.1) is 0 Å². The average molecular weight is 680 g/mol. The third kappa shape index (κ3) is 4.39. The van der Waals surface area contributed by atoms with Gasteiger partial charge in [0, 0.05) is 55.5 Å². The van der Waals surface area contributed by atoms with Crippen LogP contribution < -0.4 is 0 Å². The highest BCUT2D eigenvalue weighted by atomic mass is 16.3. The number of hydrogen-bond donors (Lipinski definition) is 0. The van der Waals surface area contributed by atoms with E-state index < -0.39 is 0 Å². The normalized spacial score (nSPS) is 12.0. The second-order valence-corrected chi connectivity index (χ2v) is 14.1. The molecule has 0 radical (unpaired) electrons. The van der Waals surface area contributed by atoms with Crippen molar-refractivity contribution in [2.24, 2.45) is 0 Å². The number of rotatable bonds is 4. The van der Waals surface area contributed by atoms with E-state index in [1.54, 1.807) is 0 Å². The van der Waals surface area contributed by atoms with E-state index in [2.05, 4.69) is 163 Å². The first kappa shape index (κ1) is 29.8. The monoisotopic (exact) mass is 679 g/mol. The summed E-state index contributed by atoms with van der Waals surface area (Å²) in [5.74, 6) is 0. The summed E-state index contributed by atoms with van der Waals surface area (Å²) >= 11 is 0. The van der Waals surface area contributed by atoms with Gasteiger partial charge >= 0.3 is 0 Å². The lowest BCUT2D eigenvalue weighted by molar-refractivity contribution is 0.669. The van der Waals surface area contributed by atoms with Gasteiger partial charge in [-0.05, 0) is 109 Å². The van der Waals surface area contributed by atoms with Gasteiger partial charge < -0.3 is 13.6 Å². The number of pyridine rings is 1. The Labute approximate surface area is 305 Å². The van der Waals surface area contributed by atoms with E-state index in [-0.39, 0.29) is 0 Å². The molecule has 250 valence electrons. The number of aromatic nitrogens is 3. The van der Waals surface area contributed by atoms with Crippen LogP contribution in [0.5, 0.6) is 0 Å². The maximum Gasteiger partial charge on any atom is 0.135 e. The Morgan fingerprint density at radius 1 is 0.434 bits per heavy atom. The number of aryl methyl sites for hydroxylation is 1. The van der Waals surface area contributed by atoms with E-state index in [1.807, 2.05) is 24.4 Å². The third-order valence-electron chi connectivity index (χ3n) is 11.1. The van der Waals surface area contributed by atoms with Gasteiger partial charge in [-0.25, -0.2) is 0 Å². The Kier molecular flexibility index (Phi) is 6.35. The summed E-state index contributed by atoms with van der Waals surface area (Å²) in [4.78, 5) is 4.94. The second kappa shape index (κ2) is 11.3. The lowest BCUT2D eigenvalue weighted by Crippen LogP contribution is -2.00. The average Bonchev–Trinajstić information content (AvgIpc) is 3.86. The molecular formula is C49H33N3O. The number of nitrogens with zero attached hydrogens (tertiary/aromatic N) is 3. The molecule has 4 nitrogen and oxygen atoms in total. The number of fused-ring (bicyclic) bond motifs is 9. The standard InChI is InChI=1S/C49H33N3O/c1-30-12-11-25-50-49(30)40-29-34(28-39(31(40)2)32-21-24-48-42(26-32)38-16-6-10-20-47(38)53-48)52-45-19-9-5-15-37(45)41-27-33(22-23-46(41)52)51-43-17-7-3-13-35(43)36-14-4-8-18-44(36)51/h3-29H,1-2H3. The molecule has 0 aliphatic rings. The van der Waals surface area contributed by atoms with E-state index in [0.29, 0.717) is 0 Å². The topological polar surface area (TPSA) is 35.9 Å². The van der Waals surface area contributed by atoms with Crippen LogP contribution in [0.1, 0.15) is 11.1 Å². The van der Waals surface area contributed by atoms with Crippen molar-refractivity contribution in [3.8, 4) is 33.8 Å². The van der Waals surface area contributed by atoms with Crippen molar-refractivity contribution in [2.45, 2.75) is 13.8 Å². The van der Waals surface area contributed by atoms with Gasteiger partial charge in [0.1, 0.15) is 11.2 Å². The molecule has 0 spiro atoms. The van der Waals surface area contributed by atoms with Gasteiger partial charge in [0.05, 0.1) is 27.8 Å². The van der Waals surface area contributed by atoms with Gasteiger partial charge in [-0.3, -0.25) is 4.98 Å². The Morgan fingerprint density at radius 2 is 1.02 bits per heavy atom. The number of furan rings is 1. The Bertz CT molecular complexity index is 3210. The number of para-hydroxylation sites is 4. The molecule has 11 rings (SSSR count). The smallest absolute Gasteiger partial charge is 0.135 e. The van der Waals surface area contributed by atoms with E-state index >= 15 is 0 Å². The predicted molar refractivity (Wildman–Crippen MR) is 221 cm³/mol. The molecule has 4 aromatic heterocycles. The van der Waals surface area contributed by atoms with Crippen LogP contribution in [0.2, 0.25) is 0 Å². The van der Waals surface area contributed by atoms with Crippen molar-refractivity contribution in [3.63, 3.8) is 0 Å². The van der Waals surface area contributed by atoms with Crippen molar-refractivity contribution in [1.82, 2.24) is 14.1 Å². The quantitative estimate of drug-likeness (QED) is 0.186. The van der Waals surface area contributed by atoms with Gasteiger partial charge in [-0.1, -0.05) is 84.9 Å². The first-order chi connectivity index (χ1) is 26.1. The van der Waals surface area contributed by atoms with E-state index in [4.69, 9.17) is 9.40 Å².